The van der Waals surface area contributed by atoms with Crippen LogP contribution in [0.1, 0.15) is 50.6 Å². The number of rotatable bonds is 7. The van der Waals surface area contributed by atoms with Gasteiger partial charge in [0.1, 0.15) is 11.5 Å². The zero-order valence-electron chi connectivity index (χ0n) is 19.8. The number of amides is 3. The highest BCUT2D eigenvalue weighted by molar-refractivity contribution is 6.07. The van der Waals surface area contributed by atoms with Gasteiger partial charge in [-0.2, -0.15) is 5.10 Å². The van der Waals surface area contributed by atoms with E-state index in [1.807, 2.05) is 6.07 Å². The molecule has 0 spiro atoms. The second kappa shape index (κ2) is 11.2. The van der Waals surface area contributed by atoms with Gasteiger partial charge in [-0.25, -0.2) is 5.43 Å². The molecule has 1 heterocycles. The maximum absolute atomic E-state index is 12.7. The van der Waals surface area contributed by atoms with E-state index in [1.54, 1.807) is 31.2 Å². The number of hydrogen-bond donors (Lipinski definition) is 3. The quantitative estimate of drug-likeness (QED) is 0.328. The first kappa shape index (κ1) is 25.1. The smallest absolute Gasteiger partial charge is 0.305 e. The highest BCUT2D eigenvalue weighted by Crippen LogP contribution is 2.29. The van der Waals surface area contributed by atoms with Gasteiger partial charge in [0.2, 0.25) is 0 Å². The van der Waals surface area contributed by atoms with Gasteiger partial charge in [-0.05, 0) is 44.0 Å². The topological polar surface area (TPSA) is 165 Å². The summed E-state index contributed by atoms with van der Waals surface area (Å²) in [5.41, 5.74) is 8.82. The summed E-state index contributed by atoms with van der Waals surface area (Å²) in [4.78, 5) is 47.4. The first-order chi connectivity index (χ1) is 17.8. The number of ether oxygens (including phenoxy) is 1. The van der Waals surface area contributed by atoms with Crippen LogP contribution < -0.4 is 21.0 Å². The highest BCUT2D eigenvalue weighted by atomic mass is 16.6. The summed E-state index contributed by atoms with van der Waals surface area (Å²) in [6.07, 6.45) is 1.82. The molecule has 1 aromatic heterocycles. The Morgan fingerprint density at radius 1 is 1.03 bits per heavy atom. The highest BCUT2D eigenvalue weighted by Gasteiger charge is 2.28. The minimum Gasteiger partial charge on any atom is -0.484 e. The van der Waals surface area contributed by atoms with Crippen molar-refractivity contribution >= 4 is 29.1 Å². The fourth-order valence-electron chi connectivity index (χ4n) is 3.80. The second-order valence-corrected chi connectivity index (χ2v) is 8.12. The van der Waals surface area contributed by atoms with E-state index in [2.05, 4.69) is 21.4 Å². The molecule has 3 aromatic rings. The molecule has 0 atom stereocenters. The minimum atomic E-state index is -0.644. The Balaban J connectivity index is 1.39. The zero-order chi connectivity index (χ0) is 26.4. The molecule has 2 aromatic carbocycles. The maximum atomic E-state index is 12.7. The lowest BCUT2D eigenvalue weighted by Crippen LogP contribution is -2.43. The Morgan fingerprint density at radius 3 is 2.46 bits per heavy atom. The largest absolute Gasteiger partial charge is 0.484 e. The van der Waals surface area contributed by atoms with Gasteiger partial charge < -0.3 is 9.15 Å². The fourth-order valence-corrected chi connectivity index (χ4v) is 3.80. The summed E-state index contributed by atoms with van der Waals surface area (Å²) in [5, 5.41) is 15.0. The number of hydrazone groups is 1. The summed E-state index contributed by atoms with van der Waals surface area (Å²) < 4.78 is 11.1. The molecular weight excluding hydrogens is 482 g/mol. The van der Waals surface area contributed by atoms with Crippen LogP contribution in [0.5, 0.6) is 5.75 Å². The van der Waals surface area contributed by atoms with E-state index in [9.17, 15) is 24.5 Å². The minimum absolute atomic E-state index is 0.0190. The van der Waals surface area contributed by atoms with Gasteiger partial charge in [-0.3, -0.25) is 35.3 Å². The Labute approximate surface area is 210 Å². The zero-order valence-corrected chi connectivity index (χ0v) is 19.8. The van der Waals surface area contributed by atoms with E-state index in [0.29, 0.717) is 47.6 Å². The fraction of sp³-hybridized carbons (Fsp3) is 0.200. The van der Waals surface area contributed by atoms with Gasteiger partial charge >= 0.3 is 5.91 Å². The van der Waals surface area contributed by atoms with Gasteiger partial charge in [0.15, 0.2) is 12.4 Å². The van der Waals surface area contributed by atoms with Crippen molar-refractivity contribution in [1.82, 2.24) is 16.3 Å². The van der Waals surface area contributed by atoms with Crippen LogP contribution >= 0.6 is 0 Å². The lowest BCUT2D eigenvalue weighted by Gasteiger charge is -2.13. The van der Waals surface area contributed by atoms with E-state index in [-0.39, 0.29) is 23.6 Å². The lowest BCUT2D eigenvalue weighted by atomic mass is 9.93. The number of nitrogens with one attached hydrogen (secondary N) is 3. The maximum Gasteiger partial charge on any atom is 0.305 e. The van der Waals surface area contributed by atoms with E-state index in [0.717, 1.165) is 0 Å². The molecule has 1 aliphatic rings. The monoisotopic (exact) mass is 505 g/mol. The van der Waals surface area contributed by atoms with Crippen molar-refractivity contribution in [3.8, 4) is 5.75 Å². The van der Waals surface area contributed by atoms with Crippen LogP contribution in [-0.4, -0.2) is 35.0 Å². The summed E-state index contributed by atoms with van der Waals surface area (Å²) in [5.74, 6) is -0.641. The van der Waals surface area contributed by atoms with Gasteiger partial charge in [-0.15, -0.1) is 0 Å². The number of non-ortho nitro benzene ring substituents is 1. The average molecular weight is 505 g/mol. The molecule has 12 nitrogen and oxygen atoms in total. The number of carbonyl (C=O) groups excluding carboxylic acids is 3. The SMILES string of the molecule is Cc1c(C(=O)NNC(=O)COc2ccccc2)oc2c1/C(=N/NC(=O)c1ccc([N+](=O)[O-])cc1)CCC2. The van der Waals surface area contributed by atoms with Gasteiger partial charge in [0.25, 0.3) is 17.5 Å². The number of hydrazine groups is 1. The summed E-state index contributed by atoms with van der Waals surface area (Å²) in [6, 6.07) is 13.9. The normalized spacial score (nSPS) is 13.4. The van der Waals surface area contributed by atoms with E-state index in [1.165, 1.54) is 24.3 Å². The predicted octanol–water partition coefficient (Wildman–Crippen LogP) is 2.81. The molecule has 12 heteroatoms. The van der Waals surface area contributed by atoms with Crippen molar-refractivity contribution in [2.75, 3.05) is 6.61 Å². The number of aryl methyl sites for hydroxylation is 1. The van der Waals surface area contributed by atoms with Crippen LogP contribution in [0.25, 0.3) is 0 Å². The molecule has 190 valence electrons. The molecule has 0 saturated carbocycles. The van der Waals surface area contributed by atoms with E-state index < -0.39 is 22.6 Å². The van der Waals surface area contributed by atoms with Crippen molar-refractivity contribution in [2.24, 2.45) is 5.10 Å². The summed E-state index contributed by atoms with van der Waals surface area (Å²) in [6.45, 7) is 1.40. The van der Waals surface area contributed by atoms with E-state index in [4.69, 9.17) is 9.15 Å². The Hall–Kier alpha value is -5.00. The number of hydrogen-bond acceptors (Lipinski definition) is 8. The Morgan fingerprint density at radius 2 is 1.76 bits per heavy atom. The van der Waals surface area contributed by atoms with Gasteiger partial charge in [0.05, 0.1) is 10.6 Å². The first-order valence-corrected chi connectivity index (χ1v) is 11.3. The van der Waals surface area contributed by atoms with Gasteiger partial charge in [-0.1, -0.05) is 18.2 Å². The number of furan rings is 1. The molecule has 0 unspecified atom stereocenters. The number of nitro groups is 1. The van der Waals surface area contributed by atoms with Crippen LogP contribution in [0.3, 0.4) is 0 Å². The molecule has 1 aliphatic carbocycles. The van der Waals surface area contributed by atoms with Crippen molar-refractivity contribution in [1.29, 1.82) is 0 Å². The molecule has 0 fully saturated rings. The predicted molar refractivity (Wildman–Crippen MR) is 131 cm³/mol. The summed E-state index contributed by atoms with van der Waals surface area (Å²) >= 11 is 0. The lowest BCUT2D eigenvalue weighted by molar-refractivity contribution is -0.384. The number of nitrogens with zero attached hydrogens (tertiary/aromatic N) is 2. The molecule has 0 aliphatic heterocycles. The molecule has 3 N–H and O–H groups in total. The van der Waals surface area contributed by atoms with Crippen molar-refractivity contribution in [2.45, 2.75) is 26.2 Å². The van der Waals surface area contributed by atoms with Crippen molar-refractivity contribution in [3.05, 3.63) is 92.9 Å². The van der Waals surface area contributed by atoms with Crippen LogP contribution in [0.15, 0.2) is 64.1 Å². The van der Waals surface area contributed by atoms with Crippen LogP contribution in [0.4, 0.5) is 5.69 Å². The molecule has 0 saturated heterocycles. The number of fused-ring (bicyclic) bond motifs is 1. The van der Waals surface area contributed by atoms with Crippen LogP contribution in [-0.2, 0) is 11.2 Å². The van der Waals surface area contributed by atoms with Crippen LogP contribution in [0, 0.1) is 17.0 Å². The van der Waals surface area contributed by atoms with Crippen molar-refractivity contribution in [3.63, 3.8) is 0 Å². The molecule has 37 heavy (non-hydrogen) atoms. The molecular formula is C25H23N5O7. The molecule has 0 radical (unpaired) electrons. The molecule has 3 amide bonds. The third-order valence-corrected chi connectivity index (χ3v) is 5.59. The molecule has 4 rings (SSSR count). The number of para-hydroxylation sites is 1. The first-order valence-electron chi connectivity index (χ1n) is 11.3. The van der Waals surface area contributed by atoms with E-state index >= 15 is 0 Å². The Kier molecular flexibility index (Phi) is 7.57. The standard InChI is InChI=1S/C25H23N5O7/c1-15-22-19(26-28-24(32)16-10-12-17(13-11-16)30(34)35)8-5-9-20(22)37-23(15)25(33)29-27-21(31)14-36-18-6-3-2-4-7-18/h2-4,6-7,10-13H,5,8-9,14H2,1H3,(H,27,31)(H,28,32)(H,29,33)/b26-19+. The van der Waals surface area contributed by atoms with Crippen LogP contribution in [0.2, 0.25) is 0 Å². The second-order valence-electron chi connectivity index (χ2n) is 8.12. The number of benzene rings is 2. The third kappa shape index (κ3) is 5.99. The summed E-state index contributed by atoms with van der Waals surface area (Å²) in [7, 11) is 0. The third-order valence-electron chi connectivity index (χ3n) is 5.59. The number of nitro benzene ring substituents is 1. The van der Waals surface area contributed by atoms with Gasteiger partial charge in [0, 0.05) is 35.2 Å². The van der Waals surface area contributed by atoms with Crippen molar-refractivity contribution < 1.29 is 28.5 Å². The number of carbonyl (C=O) groups is 3. The molecule has 0 bridgehead atoms. The Bertz CT molecular complexity index is 1360. The average Bonchev–Trinajstić information content (AvgIpc) is 3.26.